The summed E-state index contributed by atoms with van der Waals surface area (Å²) in [7, 11) is 3.39. The molecule has 1 N–H and O–H groups in total. The molecule has 1 aliphatic heterocycles. The van der Waals surface area contributed by atoms with Crippen molar-refractivity contribution in [2.24, 2.45) is 5.41 Å². The van der Waals surface area contributed by atoms with Crippen LogP contribution in [-0.2, 0) is 0 Å². The van der Waals surface area contributed by atoms with Gasteiger partial charge in [0.2, 0.25) is 0 Å². The fourth-order valence-corrected chi connectivity index (χ4v) is 3.80. The molecule has 1 fully saturated rings. The Kier molecular flexibility index (Phi) is 9.99. The maximum Gasteiger partial charge on any atom is 0.137 e. The van der Waals surface area contributed by atoms with Gasteiger partial charge in [-0.25, -0.2) is 0 Å². The third-order valence-electron chi connectivity index (χ3n) is 4.12. The van der Waals surface area contributed by atoms with Crippen LogP contribution in [-0.4, -0.2) is 45.3 Å². The Labute approximate surface area is 166 Å². The molecule has 0 spiro atoms. The quantitative estimate of drug-likeness (QED) is 0.751. The number of ether oxygens (including phenoxy) is 2. The van der Waals surface area contributed by atoms with Crippen LogP contribution in [0, 0.1) is 5.41 Å². The molecule has 1 saturated heterocycles. The number of piperazine rings is 1. The minimum absolute atomic E-state index is 0. The van der Waals surface area contributed by atoms with E-state index in [2.05, 4.69) is 59.1 Å². The van der Waals surface area contributed by atoms with E-state index in [-0.39, 0.29) is 30.2 Å². The Morgan fingerprint density at radius 1 is 1.04 bits per heavy atom. The molecule has 4 nitrogen and oxygen atoms in total. The topological polar surface area (TPSA) is 33.7 Å². The molecule has 2 rings (SSSR count). The first-order valence-corrected chi connectivity index (χ1v) is 8.54. The highest BCUT2D eigenvalue weighted by Crippen LogP contribution is 2.44. The summed E-state index contributed by atoms with van der Waals surface area (Å²) < 4.78 is 11.9. The van der Waals surface area contributed by atoms with E-state index in [1.165, 1.54) is 5.56 Å². The van der Waals surface area contributed by atoms with Crippen molar-refractivity contribution < 1.29 is 9.47 Å². The molecule has 0 radical (unpaired) electrons. The molecule has 0 unspecified atom stereocenters. The summed E-state index contributed by atoms with van der Waals surface area (Å²) in [6.07, 6.45) is 0. The molecule has 1 heterocycles. The summed E-state index contributed by atoms with van der Waals surface area (Å²) in [5, 5.41) is 3.43. The molecule has 0 bridgehead atoms. The molecule has 0 aromatic heterocycles. The zero-order chi connectivity index (χ0) is 16.3. The molecule has 7 heteroatoms. The van der Waals surface area contributed by atoms with Gasteiger partial charge in [0.15, 0.2) is 0 Å². The van der Waals surface area contributed by atoms with Crippen molar-refractivity contribution in [3.63, 3.8) is 0 Å². The van der Waals surface area contributed by atoms with E-state index in [0.717, 1.165) is 42.2 Å². The predicted octanol–water partition coefficient (Wildman–Crippen LogP) is 4.30. The molecule has 140 valence electrons. The van der Waals surface area contributed by atoms with Gasteiger partial charge in [0.05, 0.1) is 14.2 Å². The standard InChI is InChI=1S/C17H27BrN2O2.2ClH/c1-17(2,3)16(20-8-6-19-7-9-20)12-10-13(21-4)15(18)14(11-12)22-5;;/h10-11,16,19H,6-9H2,1-5H3;2*1H/t16-;;/m0../s1. The van der Waals surface area contributed by atoms with Crippen molar-refractivity contribution in [2.45, 2.75) is 26.8 Å². The zero-order valence-corrected chi connectivity index (χ0v) is 18.2. The van der Waals surface area contributed by atoms with Crippen LogP contribution in [0.15, 0.2) is 16.6 Å². The van der Waals surface area contributed by atoms with Gasteiger partial charge in [-0.1, -0.05) is 20.8 Å². The Balaban J connectivity index is 0.00000264. The van der Waals surface area contributed by atoms with Crippen molar-refractivity contribution in [3.05, 3.63) is 22.2 Å². The lowest BCUT2D eigenvalue weighted by Gasteiger charge is -2.42. The summed E-state index contributed by atoms with van der Waals surface area (Å²) in [6, 6.07) is 4.58. The lowest BCUT2D eigenvalue weighted by atomic mass is 9.80. The van der Waals surface area contributed by atoms with E-state index < -0.39 is 0 Å². The van der Waals surface area contributed by atoms with E-state index in [1.54, 1.807) is 14.2 Å². The largest absolute Gasteiger partial charge is 0.495 e. The van der Waals surface area contributed by atoms with Crippen LogP contribution in [0.1, 0.15) is 32.4 Å². The van der Waals surface area contributed by atoms with Crippen LogP contribution in [0.3, 0.4) is 0 Å². The number of hydrogen-bond donors (Lipinski definition) is 1. The van der Waals surface area contributed by atoms with Crippen LogP contribution in [0.4, 0.5) is 0 Å². The molecule has 1 aromatic carbocycles. The van der Waals surface area contributed by atoms with E-state index in [0.29, 0.717) is 6.04 Å². The van der Waals surface area contributed by atoms with Gasteiger partial charge in [0, 0.05) is 32.2 Å². The van der Waals surface area contributed by atoms with Crippen molar-refractivity contribution >= 4 is 40.7 Å². The van der Waals surface area contributed by atoms with Crippen LogP contribution >= 0.6 is 40.7 Å². The molecule has 0 saturated carbocycles. The van der Waals surface area contributed by atoms with Gasteiger partial charge in [-0.15, -0.1) is 24.8 Å². The summed E-state index contributed by atoms with van der Waals surface area (Å²) in [5.74, 6) is 1.64. The minimum Gasteiger partial charge on any atom is -0.495 e. The van der Waals surface area contributed by atoms with Crippen LogP contribution in [0.5, 0.6) is 11.5 Å². The van der Waals surface area contributed by atoms with Crippen molar-refractivity contribution in [1.82, 2.24) is 10.2 Å². The van der Waals surface area contributed by atoms with Crippen molar-refractivity contribution in [3.8, 4) is 11.5 Å². The smallest absolute Gasteiger partial charge is 0.137 e. The Bertz CT molecular complexity index is 493. The number of halogens is 3. The summed E-state index contributed by atoms with van der Waals surface area (Å²) in [4.78, 5) is 2.55. The van der Waals surface area contributed by atoms with Gasteiger partial charge >= 0.3 is 0 Å². The number of hydrogen-bond acceptors (Lipinski definition) is 4. The van der Waals surface area contributed by atoms with Crippen LogP contribution in [0.2, 0.25) is 0 Å². The molecule has 1 aromatic rings. The summed E-state index contributed by atoms with van der Waals surface area (Å²) in [6.45, 7) is 11.1. The maximum absolute atomic E-state index is 5.52. The molecule has 0 aliphatic carbocycles. The molecular weight excluding hydrogens is 415 g/mol. The lowest BCUT2D eigenvalue weighted by molar-refractivity contribution is 0.0859. The molecule has 1 aliphatic rings. The highest BCUT2D eigenvalue weighted by molar-refractivity contribution is 9.10. The molecule has 0 amide bonds. The fourth-order valence-electron chi connectivity index (χ4n) is 3.25. The summed E-state index contributed by atoms with van der Waals surface area (Å²) >= 11 is 3.56. The number of nitrogens with one attached hydrogen (secondary N) is 1. The predicted molar refractivity (Wildman–Crippen MR) is 108 cm³/mol. The second kappa shape index (κ2) is 10.1. The monoisotopic (exact) mass is 442 g/mol. The van der Waals surface area contributed by atoms with Gasteiger partial charge in [-0.05, 0) is 39.0 Å². The third-order valence-corrected chi connectivity index (χ3v) is 4.90. The van der Waals surface area contributed by atoms with Gasteiger partial charge in [-0.3, -0.25) is 4.90 Å². The van der Waals surface area contributed by atoms with E-state index in [4.69, 9.17) is 9.47 Å². The highest BCUT2D eigenvalue weighted by atomic mass is 79.9. The number of methoxy groups -OCH3 is 2. The molecular formula is C17H29BrCl2N2O2. The first kappa shape index (κ1) is 23.8. The van der Waals surface area contributed by atoms with Gasteiger partial charge < -0.3 is 14.8 Å². The maximum atomic E-state index is 5.52. The van der Waals surface area contributed by atoms with Crippen molar-refractivity contribution in [1.29, 1.82) is 0 Å². The average molecular weight is 444 g/mol. The Morgan fingerprint density at radius 2 is 1.50 bits per heavy atom. The SMILES string of the molecule is COc1cc([C@H](N2CCNCC2)C(C)(C)C)cc(OC)c1Br.Cl.Cl. The van der Waals surface area contributed by atoms with E-state index in [1.807, 2.05) is 0 Å². The van der Waals surface area contributed by atoms with Crippen LogP contribution < -0.4 is 14.8 Å². The average Bonchev–Trinajstić information content (AvgIpc) is 2.48. The second-order valence-corrected chi connectivity index (χ2v) is 7.59. The Morgan fingerprint density at radius 3 is 1.88 bits per heavy atom. The van der Waals surface area contributed by atoms with Gasteiger partial charge in [0.25, 0.3) is 0 Å². The summed E-state index contributed by atoms with van der Waals surface area (Å²) in [5.41, 5.74) is 1.37. The molecule has 24 heavy (non-hydrogen) atoms. The lowest BCUT2D eigenvalue weighted by Crippen LogP contribution is -2.48. The fraction of sp³-hybridized carbons (Fsp3) is 0.647. The number of benzene rings is 1. The van der Waals surface area contributed by atoms with Crippen molar-refractivity contribution in [2.75, 3.05) is 40.4 Å². The Hall–Kier alpha value is -0.200. The first-order valence-electron chi connectivity index (χ1n) is 7.74. The van der Waals surface area contributed by atoms with E-state index >= 15 is 0 Å². The molecule has 1 atom stereocenters. The van der Waals surface area contributed by atoms with Gasteiger partial charge in [0.1, 0.15) is 16.0 Å². The zero-order valence-electron chi connectivity index (χ0n) is 15.0. The number of rotatable bonds is 4. The minimum atomic E-state index is 0. The first-order chi connectivity index (χ1) is 10.4. The second-order valence-electron chi connectivity index (χ2n) is 6.79. The van der Waals surface area contributed by atoms with Crippen LogP contribution in [0.25, 0.3) is 0 Å². The number of nitrogens with zero attached hydrogens (tertiary/aromatic N) is 1. The van der Waals surface area contributed by atoms with E-state index in [9.17, 15) is 0 Å². The highest BCUT2D eigenvalue weighted by Gasteiger charge is 2.33. The van der Waals surface area contributed by atoms with Gasteiger partial charge in [-0.2, -0.15) is 0 Å². The third kappa shape index (κ3) is 5.40. The normalized spacial score (nSPS) is 16.6.